The molecule has 1 aromatic heterocycles. The molecule has 0 saturated heterocycles. The number of hydrogen-bond acceptors (Lipinski definition) is 4. The summed E-state index contributed by atoms with van der Waals surface area (Å²) in [5.41, 5.74) is 1.50. The van der Waals surface area contributed by atoms with Crippen LogP contribution in [-0.4, -0.2) is 24.2 Å². The van der Waals surface area contributed by atoms with E-state index in [0.717, 1.165) is 11.3 Å². The van der Waals surface area contributed by atoms with Gasteiger partial charge < -0.3 is 9.47 Å². The van der Waals surface area contributed by atoms with Crippen LogP contribution in [0.1, 0.15) is 11.3 Å². The Balaban J connectivity index is 2.22. The van der Waals surface area contributed by atoms with Crippen LogP contribution in [-0.2, 0) is 6.42 Å². The quantitative estimate of drug-likeness (QED) is 0.885. The molecule has 0 radical (unpaired) electrons. The van der Waals surface area contributed by atoms with Crippen molar-refractivity contribution in [3.8, 4) is 11.8 Å². The molecule has 0 fully saturated rings. The number of H-pyrrole nitrogens is 1. The Morgan fingerprint density at radius 2 is 1.89 bits per heavy atom. The van der Waals surface area contributed by atoms with Crippen LogP contribution < -0.4 is 15.0 Å². The fourth-order valence-corrected chi connectivity index (χ4v) is 1.62. The minimum Gasteiger partial charge on any atom is -0.497 e. The van der Waals surface area contributed by atoms with Gasteiger partial charge in [0.05, 0.1) is 19.9 Å². The molecule has 0 spiro atoms. The SMILES string of the molecule is COc1ccc(Cc2cc(=O)[nH]c(OC)n2)cc1. The zero-order valence-corrected chi connectivity index (χ0v) is 10.3. The van der Waals surface area contributed by atoms with Crippen molar-refractivity contribution in [2.75, 3.05) is 14.2 Å². The van der Waals surface area contributed by atoms with Crippen LogP contribution in [0.5, 0.6) is 11.8 Å². The summed E-state index contributed by atoms with van der Waals surface area (Å²) in [5, 5.41) is 0. The first-order valence-electron chi connectivity index (χ1n) is 5.48. The summed E-state index contributed by atoms with van der Waals surface area (Å²) >= 11 is 0. The molecule has 0 aliphatic carbocycles. The monoisotopic (exact) mass is 246 g/mol. The van der Waals surface area contributed by atoms with E-state index < -0.39 is 0 Å². The molecule has 0 atom stereocenters. The summed E-state index contributed by atoms with van der Waals surface area (Å²) in [4.78, 5) is 18.0. The maximum atomic E-state index is 11.4. The largest absolute Gasteiger partial charge is 0.497 e. The van der Waals surface area contributed by atoms with Crippen LogP contribution in [0, 0.1) is 0 Å². The van der Waals surface area contributed by atoms with Crippen molar-refractivity contribution < 1.29 is 9.47 Å². The van der Waals surface area contributed by atoms with Gasteiger partial charge in [-0.05, 0) is 17.7 Å². The second kappa shape index (κ2) is 5.35. The maximum Gasteiger partial charge on any atom is 0.296 e. The molecular weight excluding hydrogens is 232 g/mol. The highest BCUT2D eigenvalue weighted by atomic mass is 16.5. The third-order valence-electron chi connectivity index (χ3n) is 2.51. The van der Waals surface area contributed by atoms with Gasteiger partial charge in [-0.15, -0.1) is 0 Å². The summed E-state index contributed by atoms with van der Waals surface area (Å²) in [5.74, 6) is 0.801. The summed E-state index contributed by atoms with van der Waals surface area (Å²) in [6, 6.07) is 9.32. The summed E-state index contributed by atoms with van der Waals surface area (Å²) in [6.07, 6.45) is 0.574. The van der Waals surface area contributed by atoms with Crippen LogP contribution in [0.15, 0.2) is 35.1 Å². The molecule has 2 aromatic rings. The molecule has 5 heteroatoms. The Bertz CT molecular complexity index is 576. The third kappa shape index (κ3) is 2.88. The van der Waals surface area contributed by atoms with Crippen molar-refractivity contribution in [1.82, 2.24) is 9.97 Å². The number of hydrogen-bond donors (Lipinski definition) is 1. The molecule has 94 valence electrons. The fourth-order valence-electron chi connectivity index (χ4n) is 1.62. The lowest BCUT2D eigenvalue weighted by molar-refractivity contribution is 0.377. The topological polar surface area (TPSA) is 64.2 Å². The van der Waals surface area contributed by atoms with Gasteiger partial charge in [-0.3, -0.25) is 9.78 Å². The minimum absolute atomic E-state index is 0.217. The molecule has 0 aliphatic rings. The van der Waals surface area contributed by atoms with Gasteiger partial charge in [0.25, 0.3) is 11.6 Å². The van der Waals surface area contributed by atoms with Crippen molar-refractivity contribution in [1.29, 1.82) is 0 Å². The van der Waals surface area contributed by atoms with Gasteiger partial charge in [-0.1, -0.05) is 12.1 Å². The fraction of sp³-hybridized carbons (Fsp3) is 0.231. The van der Waals surface area contributed by atoms with Crippen molar-refractivity contribution in [2.45, 2.75) is 6.42 Å². The number of ether oxygens (including phenoxy) is 2. The highest BCUT2D eigenvalue weighted by Gasteiger charge is 2.03. The number of nitrogens with zero attached hydrogens (tertiary/aromatic N) is 1. The summed E-state index contributed by atoms with van der Waals surface area (Å²) in [7, 11) is 3.09. The molecule has 5 nitrogen and oxygen atoms in total. The van der Waals surface area contributed by atoms with E-state index in [2.05, 4.69) is 9.97 Å². The molecule has 0 unspecified atom stereocenters. The van der Waals surface area contributed by atoms with Crippen LogP contribution >= 0.6 is 0 Å². The molecular formula is C13H14N2O3. The second-order valence-electron chi connectivity index (χ2n) is 3.77. The zero-order valence-electron chi connectivity index (χ0n) is 10.3. The van der Waals surface area contributed by atoms with Crippen molar-refractivity contribution in [3.05, 3.63) is 51.9 Å². The lowest BCUT2D eigenvalue weighted by atomic mass is 10.1. The van der Waals surface area contributed by atoms with E-state index in [4.69, 9.17) is 9.47 Å². The Morgan fingerprint density at radius 3 is 2.50 bits per heavy atom. The third-order valence-corrected chi connectivity index (χ3v) is 2.51. The van der Waals surface area contributed by atoms with Crippen LogP contribution in [0.4, 0.5) is 0 Å². The zero-order chi connectivity index (χ0) is 13.0. The average Bonchev–Trinajstić information content (AvgIpc) is 2.39. The van der Waals surface area contributed by atoms with E-state index in [1.54, 1.807) is 7.11 Å². The highest BCUT2D eigenvalue weighted by Crippen LogP contribution is 2.14. The maximum absolute atomic E-state index is 11.4. The first-order valence-corrected chi connectivity index (χ1v) is 5.48. The predicted octanol–water partition coefficient (Wildman–Crippen LogP) is 1.38. The number of aromatic nitrogens is 2. The highest BCUT2D eigenvalue weighted by molar-refractivity contribution is 5.29. The van der Waals surface area contributed by atoms with Gasteiger partial charge >= 0.3 is 0 Å². The van der Waals surface area contributed by atoms with Gasteiger partial charge in [0, 0.05) is 12.5 Å². The number of rotatable bonds is 4. The number of aromatic amines is 1. The van der Waals surface area contributed by atoms with Crippen molar-refractivity contribution in [2.24, 2.45) is 0 Å². The Kier molecular flexibility index (Phi) is 3.62. The average molecular weight is 246 g/mol. The first kappa shape index (κ1) is 12.2. The molecule has 18 heavy (non-hydrogen) atoms. The van der Waals surface area contributed by atoms with Crippen LogP contribution in [0.25, 0.3) is 0 Å². The Hall–Kier alpha value is -2.30. The number of methoxy groups -OCH3 is 2. The van der Waals surface area contributed by atoms with E-state index in [9.17, 15) is 4.79 Å². The van der Waals surface area contributed by atoms with E-state index in [-0.39, 0.29) is 11.6 Å². The Morgan fingerprint density at radius 1 is 1.17 bits per heavy atom. The molecule has 0 aliphatic heterocycles. The first-order chi connectivity index (χ1) is 8.71. The Labute approximate surface area is 104 Å². The van der Waals surface area contributed by atoms with E-state index in [1.807, 2.05) is 24.3 Å². The van der Waals surface area contributed by atoms with Gasteiger partial charge in [-0.25, -0.2) is 4.98 Å². The van der Waals surface area contributed by atoms with E-state index in [1.165, 1.54) is 13.2 Å². The van der Waals surface area contributed by atoms with Crippen LogP contribution in [0.2, 0.25) is 0 Å². The molecule has 2 rings (SSSR count). The number of benzene rings is 1. The normalized spacial score (nSPS) is 10.1. The van der Waals surface area contributed by atoms with E-state index >= 15 is 0 Å². The van der Waals surface area contributed by atoms with Crippen molar-refractivity contribution >= 4 is 0 Å². The second-order valence-corrected chi connectivity index (χ2v) is 3.77. The van der Waals surface area contributed by atoms with E-state index in [0.29, 0.717) is 12.1 Å². The lowest BCUT2D eigenvalue weighted by Gasteiger charge is -2.04. The lowest BCUT2D eigenvalue weighted by Crippen LogP contribution is -2.10. The van der Waals surface area contributed by atoms with Gasteiger partial charge in [0.2, 0.25) is 0 Å². The van der Waals surface area contributed by atoms with Gasteiger partial charge in [-0.2, -0.15) is 0 Å². The standard InChI is InChI=1S/C13H14N2O3/c1-17-11-5-3-9(4-6-11)7-10-8-12(16)15-13(14-10)18-2/h3-6,8H,7H2,1-2H3,(H,14,15,16). The molecule has 0 amide bonds. The molecule has 0 saturated carbocycles. The molecule has 0 bridgehead atoms. The van der Waals surface area contributed by atoms with Crippen molar-refractivity contribution in [3.63, 3.8) is 0 Å². The van der Waals surface area contributed by atoms with Crippen LogP contribution in [0.3, 0.4) is 0 Å². The van der Waals surface area contributed by atoms with Gasteiger partial charge in [0.1, 0.15) is 5.75 Å². The smallest absolute Gasteiger partial charge is 0.296 e. The van der Waals surface area contributed by atoms with Gasteiger partial charge in [0.15, 0.2) is 0 Å². The molecule has 1 aromatic carbocycles. The summed E-state index contributed by atoms with van der Waals surface area (Å²) in [6.45, 7) is 0. The predicted molar refractivity (Wildman–Crippen MR) is 67.2 cm³/mol. The molecule has 1 N–H and O–H groups in total. The minimum atomic E-state index is -0.217. The summed E-state index contributed by atoms with van der Waals surface area (Å²) < 4.78 is 10.0. The number of nitrogens with one attached hydrogen (secondary N) is 1. The molecule has 1 heterocycles.